The normalized spacial score (nSPS) is 9.80. The molecule has 0 atom stereocenters. The molecule has 0 radical (unpaired) electrons. The first kappa shape index (κ1) is 16.4. The van der Waals surface area contributed by atoms with Crippen molar-refractivity contribution in [1.29, 1.82) is 0 Å². The maximum absolute atomic E-state index is 10.8. The van der Waals surface area contributed by atoms with Gasteiger partial charge < -0.3 is 21.6 Å². The third kappa shape index (κ3) is 3.26. The molecule has 0 bridgehead atoms. The van der Waals surface area contributed by atoms with Gasteiger partial charge in [-0.05, 0) is 17.7 Å². The molecule has 0 unspecified atom stereocenters. The van der Waals surface area contributed by atoms with Crippen LogP contribution in [0.4, 0.5) is 0 Å². The van der Waals surface area contributed by atoms with Gasteiger partial charge in [0.1, 0.15) is 0 Å². The van der Waals surface area contributed by atoms with Gasteiger partial charge in [-0.3, -0.25) is 0 Å². The third-order valence-corrected chi connectivity index (χ3v) is 2.67. The number of hydrogen-bond acceptors (Lipinski definition) is 3. The van der Waals surface area contributed by atoms with E-state index in [0.29, 0.717) is 12.1 Å². The molecule has 20 heavy (non-hydrogen) atoms. The molecule has 3 rings (SSSR count). The minimum Gasteiger partial charge on any atom is -1.00 e. The van der Waals surface area contributed by atoms with Crippen molar-refractivity contribution in [1.82, 2.24) is 19.5 Å². The predicted molar refractivity (Wildman–Crippen MR) is 69.1 cm³/mol. The topological polar surface area (TPSA) is 115 Å². The van der Waals surface area contributed by atoms with Crippen LogP contribution in [0.5, 0.6) is 0 Å². The van der Waals surface area contributed by atoms with Crippen LogP contribution in [-0.4, -0.2) is 36.1 Å². The standard InChI is InChI=1S/C12H10N4O2.Na.H2O.H/c17-12(18)11-14-9-2-1-8(5-10(9)15-11)6-16-4-3-13-7-16;;;/h1-5,7H,6H2,(H,14,15)(H,17,18);;1H2;/q;+1;;-1. The van der Waals surface area contributed by atoms with Crippen molar-refractivity contribution < 1.29 is 46.4 Å². The van der Waals surface area contributed by atoms with Crippen LogP contribution in [0.2, 0.25) is 0 Å². The van der Waals surface area contributed by atoms with Crippen molar-refractivity contribution in [3.8, 4) is 0 Å². The smallest absolute Gasteiger partial charge is 1.00 e. The van der Waals surface area contributed by atoms with E-state index in [1.165, 1.54) is 0 Å². The van der Waals surface area contributed by atoms with Crippen molar-refractivity contribution in [2.45, 2.75) is 6.54 Å². The number of rotatable bonds is 3. The summed E-state index contributed by atoms with van der Waals surface area (Å²) in [5.41, 5.74) is 2.44. The van der Waals surface area contributed by atoms with Gasteiger partial charge in [0.25, 0.3) is 0 Å². The average molecular weight is 284 g/mol. The summed E-state index contributed by atoms with van der Waals surface area (Å²) in [6, 6.07) is 5.63. The van der Waals surface area contributed by atoms with E-state index in [0.717, 1.165) is 11.1 Å². The first-order valence-corrected chi connectivity index (χ1v) is 5.40. The summed E-state index contributed by atoms with van der Waals surface area (Å²) in [5.74, 6) is -1.09. The summed E-state index contributed by atoms with van der Waals surface area (Å²) in [7, 11) is 0. The molecule has 0 saturated carbocycles. The summed E-state index contributed by atoms with van der Waals surface area (Å²) in [5, 5.41) is 8.86. The average Bonchev–Trinajstić information content (AvgIpc) is 2.96. The Kier molecular flexibility index (Phi) is 5.46. The number of nitrogens with zero attached hydrogens (tertiary/aromatic N) is 3. The fraction of sp³-hybridized carbons (Fsp3) is 0.0833. The molecule has 0 fully saturated rings. The molecule has 0 amide bonds. The molecule has 0 aliphatic rings. The SMILES string of the molecule is O.O=C(O)c1nc2ccc(Cn3ccnc3)cc2[nH]1.[H-].[Na+]. The number of fused-ring (bicyclic) bond motifs is 1. The fourth-order valence-electron chi connectivity index (χ4n) is 1.85. The zero-order chi connectivity index (χ0) is 12.5. The van der Waals surface area contributed by atoms with E-state index in [4.69, 9.17) is 5.11 Å². The second-order valence-corrected chi connectivity index (χ2v) is 3.98. The second-order valence-electron chi connectivity index (χ2n) is 3.98. The Morgan fingerprint density at radius 2 is 2.25 bits per heavy atom. The minimum absolute atomic E-state index is 0. The van der Waals surface area contributed by atoms with Crippen molar-refractivity contribution in [3.05, 3.63) is 48.3 Å². The molecule has 100 valence electrons. The van der Waals surface area contributed by atoms with E-state index < -0.39 is 5.97 Å². The molecule has 2 heterocycles. The van der Waals surface area contributed by atoms with E-state index >= 15 is 0 Å². The van der Waals surface area contributed by atoms with Crippen LogP contribution in [-0.2, 0) is 6.54 Å². The van der Waals surface area contributed by atoms with Crippen LogP contribution in [0, 0.1) is 0 Å². The molecule has 2 aromatic heterocycles. The van der Waals surface area contributed by atoms with Crippen LogP contribution in [0.3, 0.4) is 0 Å². The first-order valence-electron chi connectivity index (χ1n) is 5.40. The fourth-order valence-corrected chi connectivity index (χ4v) is 1.85. The molecule has 4 N–H and O–H groups in total. The second kappa shape index (κ2) is 6.67. The van der Waals surface area contributed by atoms with Crippen LogP contribution in [0.1, 0.15) is 17.6 Å². The Morgan fingerprint density at radius 1 is 1.45 bits per heavy atom. The number of carboxylic acids is 1. The molecular weight excluding hydrogens is 271 g/mol. The van der Waals surface area contributed by atoms with Crippen LogP contribution >= 0.6 is 0 Å². The Bertz CT molecular complexity index is 714. The Balaban J connectivity index is 0.00000133. The van der Waals surface area contributed by atoms with Gasteiger partial charge in [0.2, 0.25) is 5.82 Å². The van der Waals surface area contributed by atoms with Gasteiger partial charge >= 0.3 is 35.5 Å². The number of hydrogen-bond donors (Lipinski definition) is 2. The van der Waals surface area contributed by atoms with Crippen molar-refractivity contribution >= 4 is 17.0 Å². The maximum Gasteiger partial charge on any atom is 1.00 e. The zero-order valence-electron chi connectivity index (χ0n) is 11.9. The summed E-state index contributed by atoms with van der Waals surface area (Å²) < 4.78 is 1.94. The Labute approximate surface area is 137 Å². The van der Waals surface area contributed by atoms with E-state index in [9.17, 15) is 4.79 Å². The largest absolute Gasteiger partial charge is 1.00 e. The zero-order valence-corrected chi connectivity index (χ0v) is 12.9. The Morgan fingerprint density at radius 3 is 2.90 bits per heavy atom. The number of aromatic amines is 1. The van der Waals surface area contributed by atoms with Crippen molar-refractivity contribution in [2.75, 3.05) is 0 Å². The van der Waals surface area contributed by atoms with Crippen molar-refractivity contribution in [2.24, 2.45) is 0 Å². The number of nitrogens with one attached hydrogen (secondary N) is 1. The number of aromatic nitrogens is 4. The number of carboxylic acid groups (broad SMARTS) is 1. The predicted octanol–water partition coefficient (Wildman–Crippen LogP) is -2.20. The van der Waals surface area contributed by atoms with Gasteiger partial charge in [0.15, 0.2) is 0 Å². The summed E-state index contributed by atoms with van der Waals surface area (Å²) in [4.78, 5) is 21.5. The van der Waals surface area contributed by atoms with E-state index in [-0.39, 0.29) is 42.3 Å². The molecule has 0 saturated heterocycles. The quantitative estimate of drug-likeness (QED) is 0.531. The first-order chi connectivity index (χ1) is 8.72. The number of imidazole rings is 2. The molecule has 8 heteroatoms. The summed E-state index contributed by atoms with van der Waals surface area (Å²) in [6.07, 6.45) is 5.33. The molecule has 0 aliphatic carbocycles. The van der Waals surface area contributed by atoms with E-state index in [1.54, 1.807) is 12.5 Å². The molecule has 0 aliphatic heterocycles. The monoisotopic (exact) mass is 284 g/mol. The van der Waals surface area contributed by atoms with Gasteiger partial charge in [-0.2, -0.15) is 0 Å². The number of carbonyl (C=O) groups is 1. The number of benzene rings is 1. The van der Waals surface area contributed by atoms with E-state index in [2.05, 4.69) is 15.0 Å². The van der Waals surface area contributed by atoms with Crippen LogP contribution < -0.4 is 29.6 Å². The number of H-pyrrole nitrogens is 1. The Hall–Kier alpha value is -1.67. The van der Waals surface area contributed by atoms with Gasteiger partial charge in [-0.1, -0.05) is 6.07 Å². The molecular formula is C12H13N4NaO3. The van der Waals surface area contributed by atoms with Gasteiger partial charge in [0, 0.05) is 18.9 Å². The van der Waals surface area contributed by atoms with E-state index in [1.807, 2.05) is 29.0 Å². The van der Waals surface area contributed by atoms with Crippen LogP contribution in [0.25, 0.3) is 11.0 Å². The minimum atomic E-state index is -1.05. The molecule has 7 nitrogen and oxygen atoms in total. The number of aromatic carboxylic acids is 1. The molecule has 0 spiro atoms. The summed E-state index contributed by atoms with van der Waals surface area (Å²) >= 11 is 0. The summed E-state index contributed by atoms with van der Waals surface area (Å²) in [6.45, 7) is 0.692. The molecule has 1 aromatic carbocycles. The van der Waals surface area contributed by atoms with Gasteiger partial charge in [-0.25, -0.2) is 14.8 Å². The molecule has 3 aromatic rings. The van der Waals surface area contributed by atoms with Crippen LogP contribution in [0.15, 0.2) is 36.9 Å². The maximum atomic E-state index is 10.8. The van der Waals surface area contributed by atoms with Gasteiger partial charge in [0.05, 0.1) is 17.4 Å². The van der Waals surface area contributed by atoms with Crippen molar-refractivity contribution in [3.63, 3.8) is 0 Å². The van der Waals surface area contributed by atoms with Gasteiger partial charge in [-0.15, -0.1) is 0 Å². The third-order valence-electron chi connectivity index (χ3n) is 2.67.